The Kier molecular flexibility index (Phi) is 3.92. The molecule has 2 aromatic rings. The summed E-state index contributed by atoms with van der Waals surface area (Å²) in [7, 11) is 0. The van der Waals surface area contributed by atoms with Crippen molar-refractivity contribution in [3.63, 3.8) is 0 Å². The van der Waals surface area contributed by atoms with E-state index in [9.17, 15) is 4.79 Å². The van der Waals surface area contributed by atoms with Crippen molar-refractivity contribution in [2.45, 2.75) is 39.3 Å². The Labute approximate surface area is 128 Å². The smallest absolute Gasteiger partial charge is 0.226 e. The van der Waals surface area contributed by atoms with Gasteiger partial charge < -0.3 is 10.1 Å². The van der Waals surface area contributed by atoms with Gasteiger partial charge in [-0.1, -0.05) is 12.1 Å². The second kappa shape index (κ2) is 5.85. The topological polar surface area (TPSA) is 51.2 Å². The highest BCUT2D eigenvalue weighted by Gasteiger charge is 2.18. The molecule has 0 unspecified atom stereocenters. The predicted octanol–water partition coefficient (Wildman–Crippen LogP) is 2.63. The molecule has 1 amide bonds. The molecule has 2 heterocycles. The summed E-state index contributed by atoms with van der Waals surface area (Å²) in [6.07, 6.45) is 1.53. The van der Waals surface area contributed by atoms with Crippen LogP contribution in [0.2, 0.25) is 0 Å². The van der Waals surface area contributed by atoms with Crippen LogP contribution in [0, 0.1) is 6.92 Å². The number of nitrogens with one attached hydrogen (secondary N) is 1. The first-order valence-electron chi connectivity index (χ1n) is 7.06. The third-order valence-electron chi connectivity index (χ3n) is 3.46. The van der Waals surface area contributed by atoms with Gasteiger partial charge in [0.1, 0.15) is 11.9 Å². The minimum atomic E-state index is 0.00502. The largest absolute Gasteiger partial charge is 0.490 e. The number of ether oxygens (including phenoxy) is 1. The first kappa shape index (κ1) is 14.1. The zero-order valence-electron chi connectivity index (χ0n) is 12.2. The summed E-state index contributed by atoms with van der Waals surface area (Å²) in [6.45, 7) is 4.56. The molecular formula is C16H18N2O2S. The first-order valence-corrected chi connectivity index (χ1v) is 7.94. The molecule has 3 rings (SSSR count). The van der Waals surface area contributed by atoms with E-state index in [1.165, 1.54) is 5.56 Å². The van der Waals surface area contributed by atoms with Gasteiger partial charge in [0.2, 0.25) is 5.91 Å². The van der Waals surface area contributed by atoms with E-state index in [-0.39, 0.29) is 12.0 Å². The lowest BCUT2D eigenvalue weighted by Gasteiger charge is -2.06. The molecule has 0 bridgehead atoms. The SMILES string of the molecule is Cc1nc(CC(=O)NCc2ccc3c(c2)C[C@H](C)O3)cs1. The molecule has 1 atom stereocenters. The zero-order chi connectivity index (χ0) is 14.8. The number of nitrogens with zero attached hydrogens (tertiary/aromatic N) is 1. The quantitative estimate of drug-likeness (QED) is 0.944. The van der Waals surface area contributed by atoms with Crippen LogP contribution >= 0.6 is 11.3 Å². The summed E-state index contributed by atoms with van der Waals surface area (Å²) in [6, 6.07) is 6.11. The maximum atomic E-state index is 11.9. The van der Waals surface area contributed by atoms with E-state index in [1.807, 2.05) is 24.4 Å². The van der Waals surface area contributed by atoms with E-state index in [2.05, 4.69) is 23.3 Å². The average molecular weight is 302 g/mol. The van der Waals surface area contributed by atoms with Crippen molar-refractivity contribution < 1.29 is 9.53 Å². The van der Waals surface area contributed by atoms with Crippen LogP contribution in [0.4, 0.5) is 0 Å². The standard InChI is InChI=1S/C16H18N2O2S/c1-10-5-13-6-12(3-4-15(13)20-10)8-17-16(19)7-14-9-21-11(2)18-14/h3-4,6,9-10H,5,7-8H2,1-2H3,(H,17,19)/t10-/m0/s1. The van der Waals surface area contributed by atoms with Gasteiger partial charge in [0, 0.05) is 18.3 Å². The number of benzene rings is 1. The Morgan fingerprint density at radius 2 is 2.38 bits per heavy atom. The molecule has 1 aliphatic heterocycles. The maximum absolute atomic E-state index is 11.9. The number of aromatic nitrogens is 1. The van der Waals surface area contributed by atoms with Gasteiger partial charge in [-0.2, -0.15) is 0 Å². The van der Waals surface area contributed by atoms with E-state index >= 15 is 0 Å². The molecule has 0 saturated heterocycles. The number of carbonyl (C=O) groups is 1. The van der Waals surface area contributed by atoms with Crippen LogP contribution in [0.1, 0.15) is 28.8 Å². The Hall–Kier alpha value is -1.88. The van der Waals surface area contributed by atoms with E-state index in [0.29, 0.717) is 13.0 Å². The minimum absolute atomic E-state index is 0.00502. The molecule has 0 fully saturated rings. The highest BCUT2D eigenvalue weighted by atomic mass is 32.1. The lowest BCUT2D eigenvalue weighted by atomic mass is 10.1. The molecular weight excluding hydrogens is 284 g/mol. The Morgan fingerprint density at radius 1 is 1.52 bits per heavy atom. The Bertz CT molecular complexity index is 666. The van der Waals surface area contributed by atoms with Gasteiger partial charge in [-0.3, -0.25) is 4.79 Å². The lowest BCUT2D eigenvalue weighted by molar-refractivity contribution is -0.120. The van der Waals surface area contributed by atoms with E-state index in [1.54, 1.807) is 11.3 Å². The average Bonchev–Trinajstić information content (AvgIpc) is 3.00. The van der Waals surface area contributed by atoms with E-state index in [0.717, 1.165) is 28.4 Å². The third kappa shape index (κ3) is 3.42. The summed E-state index contributed by atoms with van der Waals surface area (Å²) in [5.41, 5.74) is 3.17. The molecule has 0 aliphatic carbocycles. The van der Waals surface area contributed by atoms with Crippen LogP contribution in [0.15, 0.2) is 23.6 Å². The van der Waals surface area contributed by atoms with Crippen molar-refractivity contribution in [2.75, 3.05) is 0 Å². The minimum Gasteiger partial charge on any atom is -0.490 e. The summed E-state index contributed by atoms with van der Waals surface area (Å²) in [4.78, 5) is 16.2. The van der Waals surface area contributed by atoms with Gasteiger partial charge in [0.25, 0.3) is 0 Å². The van der Waals surface area contributed by atoms with E-state index in [4.69, 9.17) is 4.74 Å². The van der Waals surface area contributed by atoms with Gasteiger partial charge in [0.05, 0.1) is 17.1 Å². The Morgan fingerprint density at radius 3 is 3.14 bits per heavy atom. The molecule has 110 valence electrons. The highest BCUT2D eigenvalue weighted by molar-refractivity contribution is 7.09. The van der Waals surface area contributed by atoms with Crippen molar-refractivity contribution in [3.8, 4) is 5.75 Å². The number of aryl methyl sites for hydroxylation is 1. The fraction of sp³-hybridized carbons (Fsp3) is 0.375. The number of fused-ring (bicyclic) bond motifs is 1. The van der Waals surface area contributed by atoms with Crippen molar-refractivity contribution in [3.05, 3.63) is 45.4 Å². The summed E-state index contributed by atoms with van der Waals surface area (Å²) in [5.74, 6) is 0.973. The second-order valence-corrected chi connectivity index (χ2v) is 6.45. The first-order chi connectivity index (χ1) is 10.1. The van der Waals surface area contributed by atoms with Gasteiger partial charge >= 0.3 is 0 Å². The second-order valence-electron chi connectivity index (χ2n) is 5.39. The molecule has 1 aromatic carbocycles. The van der Waals surface area contributed by atoms with Crippen molar-refractivity contribution >= 4 is 17.2 Å². The summed E-state index contributed by atoms with van der Waals surface area (Å²) in [5, 5.41) is 5.87. The van der Waals surface area contributed by atoms with Crippen LogP contribution in [0.3, 0.4) is 0 Å². The summed E-state index contributed by atoms with van der Waals surface area (Å²) >= 11 is 1.57. The molecule has 4 nitrogen and oxygen atoms in total. The molecule has 0 spiro atoms. The maximum Gasteiger partial charge on any atom is 0.226 e. The lowest BCUT2D eigenvalue weighted by Crippen LogP contribution is -2.24. The predicted molar refractivity (Wildman–Crippen MR) is 82.6 cm³/mol. The van der Waals surface area contributed by atoms with Crippen molar-refractivity contribution in [1.29, 1.82) is 0 Å². The molecule has 5 heteroatoms. The Balaban J connectivity index is 1.55. The highest BCUT2D eigenvalue weighted by Crippen LogP contribution is 2.29. The molecule has 1 aromatic heterocycles. The van der Waals surface area contributed by atoms with Gasteiger partial charge in [-0.15, -0.1) is 11.3 Å². The number of rotatable bonds is 4. The molecule has 0 saturated carbocycles. The number of thiazole rings is 1. The molecule has 0 radical (unpaired) electrons. The summed E-state index contributed by atoms with van der Waals surface area (Å²) < 4.78 is 5.67. The number of hydrogen-bond acceptors (Lipinski definition) is 4. The van der Waals surface area contributed by atoms with Crippen LogP contribution < -0.4 is 10.1 Å². The van der Waals surface area contributed by atoms with Crippen LogP contribution in [0.25, 0.3) is 0 Å². The van der Waals surface area contributed by atoms with Gasteiger partial charge in [0.15, 0.2) is 0 Å². The fourth-order valence-corrected chi connectivity index (χ4v) is 3.12. The van der Waals surface area contributed by atoms with E-state index < -0.39 is 0 Å². The van der Waals surface area contributed by atoms with Gasteiger partial charge in [-0.25, -0.2) is 4.98 Å². The monoisotopic (exact) mass is 302 g/mol. The third-order valence-corrected chi connectivity index (χ3v) is 4.28. The van der Waals surface area contributed by atoms with Crippen molar-refractivity contribution in [2.24, 2.45) is 0 Å². The fourth-order valence-electron chi connectivity index (χ4n) is 2.50. The molecule has 21 heavy (non-hydrogen) atoms. The molecule has 1 aliphatic rings. The zero-order valence-corrected chi connectivity index (χ0v) is 13.0. The number of hydrogen-bond donors (Lipinski definition) is 1. The van der Waals surface area contributed by atoms with Crippen LogP contribution in [-0.2, 0) is 24.2 Å². The number of carbonyl (C=O) groups excluding carboxylic acids is 1. The normalized spacial score (nSPS) is 16.4. The van der Waals surface area contributed by atoms with Gasteiger partial charge in [-0.05, 0) is 31.0 Å². The van der Waals surface area contributed by atoms with Crippen LogP contribution in [0.5, 0.6) is 5.75 Å². The van der Waals surface area contributed by atoms with Crippen molar-refractivity contribution in [1.82, 2.24) is 10.3 Å². The molecule has 1 N–H and O–H groups in total. The van der Waals surface area contributed by atoms with Crippen LogP contribution in [-0.4, -0.2) is 17.0 Å². The number of amides is 1.